The third kappa shape index (κ3) is 1.10. The second-order valence-electron chi connectivity index (χ2n) is 6.67. The Kier molecular flexibility index (Phi) is 2.12. The lowest BCUT2D eigenvalue weighted by molar-refractivity contribution is -0.123. The van der Waals surface area contributed by atoms with Crippen LogP contribution in [0.5, 0.6) is 0 Å². The fourth-order valence-corrected chi connectivity index (χ4v) is 4.07. The van der Waals surface area contributed by atoms with Gasteiger partial charge in [-0.15, -0.1) is 0 Å². The Balaban J connectivity index is 2.20. The van der Waals surface area contributed by atoms with Gasteiger partial charge in [0.1, 0.15) is 5.60 Å². The lowest BCUT2D eigenvalue weighted by Gasteiger charge is -2.56. The highest BCUT2D eigenvalue weighted by Crippen LogP contribution is 2.65. The van der Waals surface area contributed by atoms with Crippen molar-refractivity contribution >= 4 is 5.78 Å². The van der Waals surface area contributed by atoms with Crippen molar-refractivity contribution < 1.29 is 15.0 Å². The number of Topliss-reactive ketones (excluding diaryl/α,β-unsaturated/α-hetero) is 1. The van der Waals surface area contributed by atoms with E-state index < -0.39 is 11.0 Å². The summed E-state index contributed by atoms with van der Waals surface area (Å²) in [6.45, 7) is 5.79. The van der Waals surface area contributed by atoms with Crippen molar-refractivity contribution in [2.75, 3.05) is 6.61 Å². The van der Waals surface area contributed by atoms with E-state index in [9.17, 15) is 15.0 Å². The van der Waals surface area contributed by atoms with Crippen LogP contribution in [0.4, 0.5) is 0 Å². The van der Waals surface area contributed by atoms with Gasteiger partial charge in [-0.3, -0.25) is 4.79 Å². The minimum Gasteiger partial charge on any atom is -0.395 e. The van der Waals surface area contributed by atoms with Crippen molar-refractivity contribution in [2.45, 2.75) is 45.6 Å². The summed E-state index contributed by atoms with van der Waals surface area (Å²) in [4.78, 5) is 12.4. The Morgan fingerprint density at radius 3 is 2.56 bits per heavy atom. The zero-order chi connectivity index (χ0) is 13.3. The molecule has 3 atom stereocenters. The Bertz CT molecular complexity index is 516. The van der Waals surface area contributed by atoms with E-state index in [4.69, 9.17) is 0 Å². The number of allylic oxidation sites excluding steroid dienone is 1. The molecule has 0 aromatic heterocycles. The van der Waals surface area contributed by atoms with Gasteiger partial charge in [0.05, 0.1) is 6.61 Å². The highest BCUT2D eigenvalue weighted by atomic mass is 16.3. The van der Waals surface area contributed by atoms with Gasteiger partial charge >= 0.3 is 0 Å². The molecule has 0 unspecified atom stereocenters. The molecule has 3 rings (SSSR count). The third-order valence-corrected chi connectivity index (χ3v) is 5.45. The number of aliphatic hydroxyl groups excluding tert-OH is 1. The first-order valence-electron chi connectivity index (χ1n) is 6.59. The van der Waals surface area contributed by atoms with Crippen molar-refractivity contribution in [1.82, 2.24) is 0 Å². The molecular formula is C15H20O3. The van der Waals surface area contributed by atoms with Gasteiger partial charge in [-0.2, -0.15) is 0 Å². The van der Waals surface area contributed by atoms with Crippen LogP contribution in [0.15, 0.2) is 22.8 Å². The van der Waals surface area contributed by atoms with Crippen molar-refractivity contribution in [2.24, 2.45) is 10.8 Å². The maximum atomic E-state index is 12.4. The molecule has 3 heteroatoms. The molecular weight excluding hydrogens is 228 g/mol. The molecule has 3 nitrogen and oxygen atoms in total. The largest absolute Gasteiger partial charge is 0.395 e. The van der Waals surface area contributed by atoms with Crippen LogP contribution in [0.25, 0.3) is 0 Å². The van der Waals surface area contributed by atoms with Gasteiger partial charge in [0, 0.05) is 16.4 Å². The number of fused-ring (bicyclic) bond motifs is 3. The predicted octanol–water partition coefficient (Wildman–Crippen LogP) is 1.75. The number of hydrogen-bond donors (Lipinski definition) is 2. The molecule has 2 N–H and O–H groups in total. The molecule has 3 aliphatic rings. The third-order valence-electron chi connectivity index (χ3n) is 5.45. The van der Waals surface area contributed by atoms with E-state index >= 15 is 0 Å². The van der Waals surface area contributed by atoms with E-state index in [1.54, 1.807) is 6.08 Å². The molecule has 0 spiro atoms. The summed E-state index contributed by atoms with van der Waals surface area (Å²) >= 11 is 0. The van der Waals surface area contributed by atoms with E-state index in [2.05, 4.69) is 6.92 Å². The van der Waals surface area contributed by atoms with Gasteiger partial charge in [-0.25, -0.2) is 0 Å². The van der Waals surface area contributed by atoms with Crippen LogP contribution in [0.1, 0.15) is 40.0 Å². The molecule has 1 saturated carbocycles. The monoisotopic (exact) mass is 248 g/mol. The van der Waals surface area contributed by atoms with Gasteiger partial charge < -0.3 is 10.2 Å². The SMILES string of the molecule is CC1=C2CC[C@]2(C)[C@@]2(O)C[C@](C)(CO)C=C2C1=O. The van der Waals surface area contributed by atoms with E-state index in [-0.39, 0.29) is 17.8 Å². The number of ketones is 1. The normalized spacial score (nSPS) is 46.5. The van der Waals surface area contributed by atoms with Crippen molar-refractivity contribution in [3.63, 3.8) is 0 Å². The van der Waals surface area contributed by atoms with Crippen LogP contribution in [-0.4, -0.2) is 28.2 Å². The average molecular weight is 248 g/mol. The summed E-state index contributed by atoms with van der Waals surface area (Å²) in [5.74, 6) is -0.0261. The fourth-order valence-electron chi connectivity index (χ4n) is 4.07. The molecule has 0 bridgehead atoms. The lowest BCUT2D eigenvalue weighted by Crippen LogP contribution is -2.57. The molecule has 0 amide bonds. The van der Waals surface area contributed by atoms with Gasteiger partial charge in [0.25, 0.3) is 0 Å². The highest BCUT2D eigenvalue weighted by Gasteiger charge is 2.64. The van der Waals surface area contributed by atoms with E-state index in [1.807, 2.05) is 13.8 Å². The maximum Gasteiger partial charge on any atom is 0.187 e. The Labute approximate surface area is 107 Å². The molecule has 0 radical (unpaired) electrons. The molecule has 1 fully saturated rings. The molecule has 0 aliphatic heterocycles. The van der Waals surface area contributed by atoms with Crippen LogP contribution in [-0.2, 0) is 4.79 Å². The number of aliphatic hydroxyl groups is 2. The average Bonchev–Trinajstić information content (AvgIpc) is 2.59. The first-order valence-corrected chi connectivity index (χ1v) is 6.59. The smallest absolute Gasteiger partial charge is 0.187 e. The Morgan fingerprint density at radius 1 is 1.39 bits per heavy atom. The van der Waals surface area contributed by atoms with Crippen molar-refractivity contribution in [1.29, 1.82) is 0 Å². The summed E-state index contributed by atoms with van der Waals surface area (Å²) in [6, 6.07) is 0. The second kappa shape index (κ2) is 3.14. The number of hydrogen-bond acceptors (Lipinski definition) is 3. The Morgan fingerprint density at radius 2 is 2.06 bits per heavy atom. The first kappa shape index (κ1) is 12.1. The van der Waals surface area contributed by atoms with Gasteiger partial charge in [0.15, 0.2) is 5.78 Å². The quantitative estimate of drug-likeness (QED) is 0.743. The van der Waals surface area contributed by atoms with Crippen LogP contribution < -0.4 is 0 Å². The number of rotatable bonds is 1. The summed E-state index contributed by atoms with van der Waals surface area (Å²) in [5.41, 5.74) is 0.589. The molecule has 98 valence electrons. The van der Waals surface area contributed by atoms with Crippen LogP contribution in [0.2, 0.25) is 0 Å². The fraction of sp³-hybridized carbons (Fsp3) is 0.667. The van der Waals surface area contributed by atoms with E-state index in [0.29, 0.717) is 12.0 Å². The number of carbonyl (C=O) groups excluding carboxylic acids is 1. The van der Waals surface area contributed by atoms with Gasteiger partial charge in [-0.1, -0.05) is 25.5 Å². The zero-order valence-electron chi connectivity index (χ0n) is 11.2. The molecule has 3 aliphatic carbocycles. The summed E-state index contributed by atoms with van der Waals surface area (Å²) in [6.07, 6.45) is 4.09. The summed E-state index contributed by atoms with van der Waals surface area (Å²) < 4.78 is 0. The van der Waals surface area contributed by atoms with Crippen LogP contribution in [0, 0.1) is 10.8 Å². The summed E-state index contributed by atoms with van der Waals surface area (Å²) in [5, 5.41) is 20.6. The lowest BCUT2D eigenvalue weighted by atomic mass is 9.50. The zero-order valence-corrected chi connectivity index (χ0v) is 11.2. The van der Waals surface area contributed by atoms with Crippen molar-refractivity contribution in [3.8, 4) is 0 Å². The topological polar surface area (TPSA) is 57.5 Å². The molecule has 0 aromatic rings. The van der Waals surface area contributed by atoms with Gasteiger partial charge in [0.2, 0.25) is 0 Å². The van der Waals surface area contributed by atoms with Crippen LogP contribution in [0.3, 0.4) is 0 Å². The Hall–Kier alpha value is -0.930. The second-order valence-corrected chi connectivity index (χ2v) is 6.67. The maximum absolute atomic E-state index is 12.4. The minimum atomic E-state index is -1.07. The molecule has 0 heterocycles. The van der Waals surface area contributed by atoms with Crippen molar-refractivity contribution in [3.05, 3.63) is 22.8 Å². The highest BCUT2D eigenvalue weighted by molar-refractivity contribution is 6.12. The molecule has 0 saturated heterocycles. The summed E-state index contributed by atoms with van der Waals surface area (Å²) in [7, 11) is 0. The predicted molar refractivity (Wildman–Crippen MR) is 67.9 cm³/mol. The molecule has 18 heavy (non-hydrogen) atoms. The first-order chi connectivity index (χ1) is 8.27. The van der Waals surface area contributed by atoms with Crippen LogP contribution >= 0.6 is 0 Å². The molecule has 0 aromatic carbocycles. The van der Waals surface area contributed by atoms with E-state index in [0.717, 1.165) is 24.0 Å². The van der Waals surface area contributed by atoms with Gasteiger partial charge in [-0.05, 0) is 31.8 Å². The van der Waals surface area contributed by atoms with E-state index in [1.165, 1.54) is 0 Å². The number of carbonyl (C=O) groups is 1. The standard InChI is InChI=1S/C15H20O3/c1-9-10-4-5-14(10,3)15(18)7-13(2,8-16)6-11(15)12(9)17/h6,16,18H,4-5,7-8H2,1-3H3/t13-,14+,15-/m1/s1. The minimum absolute atomic E-state index is 0.0261.